The van der Waals surface area contributed by atoms with Gasteiger partial charge in [-0.15, -0.1) is 0 Å². The van der Waals surface area contributed by atoms with Gasteiger partial charge in [0.2, 0.25) is 0 Å². The van der Waals surface area contributed by atoms with Crippen LogP contribution in [0, 0.1) is 5.82 Å². The molecule has 1 N–H and O–H groups in total. The number of carbonyl (C=O) groups excluding carboxylic acids is 1. The summed E-state index contributed by atoms with van der Waals surface area (Å²) < 4.78 is 13.1. The zero-order chi connectivity index (χ0) is 14.6. The minimum atomic E-state index is -0.987. The van der Waals surface area contributed by atoms with E-state index in [9.17, 15) is 14.0 Å². The first kappa shape index (κ1) is 15.1. The van der Waals surface area contributed by atoms with Crippen molar-refractivity contribution in [1.29, 1.82) is 0 Å². The summed E-state index contributed by atoms with van der Waals surface area (Å²) in [5, 5.41) is 8.71. The molecular weight excluding hydrogens is 251 g/mol. The van der Waals surface area contributed by atoms with Gasteiger partial charge in [-0.2, -0.15) is 0 Å². The average Bonchev–Trinajstić information content (AvgIpc) is 2.26. The van der Waals surface area contributed by atoms with Gasteiger partial charge in [0.15, 0.2) is 0 Å². The Hall–Kier alpha value is -1.98. The fraction of sp³-hybridized carbons (Fsp3) is 0.462. The molecular formula is C13H17FN2O3. The lowest BCUT2D eigenvalue weighted by Crippen LogP contribution is -2.46. The molecule has 0 saturated heterocycles. The number of hydrogen-bond donors (Lipinski definition) is 1. The van der Waals surface area contributed by atoms with Gasteiger partial charge < -0.3 is 10.0 Å². The fourth-order valence-corrected chi connectivity index (χ4v) is 1.63. The number of pyridine rings is 1. The predicted molar refractivity (Wildman–Crippen MR) is 67.2 cm³/mol. The van der Waals surface area contributed by atoms with Crippen molar-refractivity contribution in [2.24, 2.45) is 0 Å². The monoisotopic (exact) mass is 268 g/mol. The van der Waals surface area contributed by atoms with Crippen LogP contribution in [0.1, 0.15) is 37.6 Å². The largest absolute Gasteiger partial charge is 0.481 e. The predicted octanol–water partition coefficient (Wildman–Crippen LogP) is 1.94. The van der Waals surface area contributed by atoms with E-state index in [0.717, 1.165) is 12.3 Å². The third kappa shape index (κ3) is 4.31. The zero-order valence-electron chi connectivity index (χ0n) is 11.2. The minimum absolute atomic E-state index is 0.0637. The number of rotatable bonds is 4. The highest BCUT2D eigenvalue weighted by Gasteiger charge is 2.28. The highest BCUT2D eigenvalue weighted by molar-refractivity contribution is 5.94. The summed E-state index contributed by atoms with van der Waals surface area (Å²) >= 11 is 0. The molecule has 1 aromatic heterocycles. The second-order valence-corrected chi connectivity index (χ2v) is 5.16. The van der Waals surface area contributed by atoms with E-state index in [1.165, 1.54) is 11.1 Å². The smallest absolute Gasteiger partial charge is 0.305 e. The summed E-state index contributed by atoms with van der Waals surface area (Å²) in [5.41, 5.74) is -0.445. The Morgan fingerprint density at radius 1 is 1.37 bits per heavy atom. The molecule has 0 spiro atoms. The molecule has 0 aromatic carbocycles. The summed E-state index contributed by atoms with van der Waals surface area (Å²) in [6.45, 7) is 5.44. The van der Waals surface area contributed by atoms with E-state index in [-0.39, 0.29) is 18.5 Å². The molecule has 1 amide bonds. The third-order valence-corrected chi connectivity index (χ3v) is 2.56. The van der Waals surface area contributed by atoms with Crippen molar-refractivity contribution < 1.29 is 19.1 Å². The van der Waals surface area contributed by atoms with Crippen LogP contribution in [0.5, 0.6) is 0 Å². The van der Waals surface area contributed by atoms with Crippen LogP contribution in [0.2, 0.25) is 0 Å². The van der Waals surface area contributed by atoms with Gasteiger partial charge in [0, 0.05) is 18.3 Å². The minimum Gasteiger partial charge on any atom is -0.481 e. The number of carboxylic acid groups (broad SMARTS) is 1. The van der Waals surface area contributed by atoms with Crippen LogP contribution in [0.4, 0.5) is 4.39 Å². The van der Waals surface area contributed by atoms with Crippen molar-refractivity contribution in [3.8, 4) is 0 Å². The quantitative estimate of drug-likeness (QED) is 0.905. The normalized spacial score (nSPS) is 11.2. The molecule has 0 saturated carbocycles. The maximum Gasteiger partial charge on any atom is 0.305 e. The lowest BCUT2D eigenvalue weighted by molar-refractivity contribution is -0.137. The van der Waals surface area contributed by atoms with Crippen molar-refractivity contribution in [2.75, 3.05) is 6.54 Å². The van der Waals surface area contributed by atoms with Gasteiger partial charge in [0.25, 0.3) is 5.91 Å². The Bertz CT molecular complexity index is 483. The summed E-state index contributed by atoms with van der Waals surface area (Å²) in [6, 6.07) is 1.09. The SMILES string of the molecule is CC(C)(C)N(CCC(=O)O)C(=O)c1cncc(F)c1. The topological polar surface area (TPSA) is 70.5 Å². The van der Waals surface area contributed by atoms with Crippen LogP contribution in [-0.4, -0.2) is 39.0 Å². The standard InChI is InChI=1S/C13H17FN2O3/c1-13(2,3)16(5-4-11(17)18)12(19)9-6-10(14)8-15-7-9/h6-8H,4-5H2,1-3H3,(H,17,18). The molecule has 0 atom stereocenters. The van der Waals surface area contributed by atoms with E-state index >= 15 is 0 Å². The molecule has 0 aliphatic rings. The number of carbonyl (C=O) groups is 2. The van der Waals surface area contributed by atoms with Crippen LogP contribution in [0.15, 0.2) is 18.5 Å². The Balaban J connectivity index is 2.97. The van der Waals surface area contributed by atoms with Crippen LogP contribution < -0.4 is 0 Å². The number of carboxylic acids is 1. The van der Waals surface area contributed by atoms with Gasteiger partial charge in [-0.3, -0.25) is 14.6 Å². The van der Waals surface area contributed by atoms with Gasteiger partial charge in [-0.25, -0.2) is 4.39 Å². The van der Waals surface area contributed by atoms with Crippen molar-refractivity contribution in [2.45, 2.75) is 32.7 Å². The Morgan fingerprint density at radius 2 is 2.00 bits per heavy atom. The molecule has 19 heavy (non-hydrogen) atoms. The van der Waals surface area contributed by atoms with E-state index in [4.69, 9.17) is 5.11 Å². The number of amides is 1. The molecule has 0 unspecified atom stereocenters. The average molecular weight is 268 g/mol. The van der Waals surface area contributed by atoms with E-state index in [0.29, 0.717) is 0 Å². The highest BCUT2D eigenvalue weighted by atomic mass is 19.1. The Labute approximate surface area is 111 Å². The van der Waals surface area contributed by atoms with Crippen molar-refractivity contribution in [3.05, 3.63) is 29.8 Å². The lowest BCUT2D eigenvalue weighted by atomic mass is 10.0. The fourth-order valence-electron chi connectivity index (χ4n) is 1.63. The van der Waals surface area contributed by atoms with Crippen molar-refractivity contribution in [3.63, 3.8) is 0 Å². The molecule has 1 heterocycles. The van der Waals surface area contributed by atoms with Gasteiger partial charge in [0.1, 0.15) is 5.82 Å². The molecule has 104 valence electrons. The van der Waals surface area contributed by atoms with Gasteiger partial charge in [-0.05, 0) is 26.8 Å². The lowest BCUT2D eigenvalue weighted by Gasteiger charge is -2.35. The van der Waals surface area contributed by atoms with Crippen LogP contribution in [0.25, 0.3) is 0 Å². The number of hydrogen-bond acceptors (Lipinski definition) is 3. The van der Waals surface area contributed by atoms with Crippen molar-refractivity contribution >= 4 is 11.9 Å². The molecule has 0 radical (unpaired) electrons. The number of nitrogens with zero attached hydrogens (tertiary/aromatic N) is 2. The van der Waals surface area contributed by atoms with Gasteiger partial charge in [-0.1, -0.05) is 0 Å². The second kappa shape index (κ2) is 5.77. The van der Waals surface area contributed by atoms with Gasteiger partial charge in [0.05, 0.1) is 18.2 Å². The number of halogens is 1. The maximum atomic E-state index is 13.1. The van der Waals surface area contributed by atoms with Crippen molar-refractivity contribution in [1.82, 2.24) is 9.88 Å². The maximum absolute atomic E-state index is 13.1. The van der Waals surface area contributed by atoms with Crippen LogP contribution in [0.3, 0.4) is 0 Å². The summed E-state index contributed by atoms with van der Waals surface area (Å²) in [5.74, 6) is -2.02. The molecule has 1 aromatic rings. The Morgan fingerprint density at radius 3 is 2.47 bits per heavy atom. The molecule has 5 nitrogen and oxygen atoms in total. The Kier molecular flexibility index (Phi) is 4.58. The number of aromatic nitrogens is 1. The highest BCUT2D eigenvalue weighted by Crippen LogP contribution is 2.18. The summed E-state index contributed by atoms with van der Waals surface area (Å²) in [4.78, 5) is 27.9. The van der Waals surface area contributed by atoms with E-state index in [2.05, 4.69) is 4.98 Å². The zero-order valence-corrected chi connectivity index (χ0v) is 11.2. The molecule has 1 rings (SSSR count). The third-order valence-electron chi connectivity index (χ3n) is 2.56. The molecule has 6 heteroatoms. The van der Waals surface area contributed by atoms with E-state index in [1.807, 2.05) is 0 Å². The summed E-state index contributed by atoms with van der Waals surface area (Å²) in [6.07, 6.45) is 2.12. The molecule has 0 bridgehead atoms. The van der Waals surface area contributed by atoms with Crippen LogP contribution in [-0.2, 0) is 4.79 Å². The second-order valence-electron chi connectivity index (χ2n) is 5.16. The summed E-state index contributed by atoms with van der Waals surface area (Å²) in [7, 11) is 0. The first-order valence-electron chi connectivity index (χ1n) is 5.86. The molecule has 0 aliphatic heterocycles. The molecule has 0 fully saturated rings. The van der Waals surface area contributed by atoms with Gasteiger partial charge >= 0.3 is 5.97 Å². The van der Waals surface area contributed by atoms with E-state index < -0.39 is 23.2 Å². The first-order valence-corrected chi connectivity index (χ1v) is 5.86. The van der Waals surface area contributed by atoms with Crippen LogP contribution >= 0.6 is 0 Å². The van der Waals surface area contributed by atoms with E-state index in [1.54, 1.807) is 20.8 Å². The first-order chi connectivity index (χ1) is 8.71. The number of aliphatic carboxylic acids is 1. The molecule has 0 aliphatic carbocycles.